The fourth-order valence-electron chi connectivity index (χ4n) is 4.35. The van der Waals surface area contributed by atoms with E-state index in [0.29, 0.717) is 29.0 Å². The molecule has 1 aromatic rings. The van der Waals surface area contributed by atoms with Gasteiger partial charge in [0, 0.05) is 42.0 Å². The predicted molar refractivity (Wildman–Crippen MR) is 105 cm³/mol. The van der Waals surface area contributed by atoms with Gasteiger partial charge < -0.3 is 14.6 Å². The summed E-state index contributed by atoms with van der Waals surface area (Å²) in [7, 11) is 1.82. The SMILES string of the molecule is CCOC(=O)C1=C(C)NC2=C(C(=O)CC(C)(C)C2)[C@@H]1c1cc(C#N)n(C)c1C. The van der Waals surface area contributed by atoms with Gasteiger partial charge in [-0.3, -0.25) is 4.79 Å². The lowest BCUT2D eigenvalue weighted by Crippen LogP contribution is -2.38. The van der Waals surface area contributed by atoms with E-state index >= 15 is 0 Å². The van der Waals surface area contributed by atoms with Crippen LogP contribution in [0, 0.1) is 23.7 Å². The molecular formula is C22H27N3O3. The number of nitrogens with one attached hydrogen (secondary N) is 1. The lowest BCUT2D eigenvalue weighted by atomic mass is 9.68. The molecule has 6 heteroatoms. The molecule has 0 bridgehead atoms. The maximum absolute atomic E-state index is 13.2. The molecule has 1 aliphatic heterocycles. The number of ketones is 1. The minimum atomic E-state index is -0.521. The summed E-state index contributed by atoms with van der Waals surface area (Å²) >= 11 is 0. The van der Waals surface area contributed by atoms with Crippen LogP contribution in [0.2, 0.25) is 0 Å². The number of carbonyl (C=O) groups is 2. The Hall–Kier alpha value is -2.81. The van der Waals surface area contributed by atoms with E-state index in [1.54, 1.807) is 17.6 Å². The van der Waals surface area contributed by atoms with Crippen LogP contribution in [0.5, 0.6) is 0 Å². The van der Waals surface area contributed by atoms with Gasteiger partial charge in [-0.25, -0.2) is 4.79 Å². The van der Waals surface area contributed by atoms with Crippen molar-refractivity contribution in [1.29, 1.82) is 5.26 Å². The minimum absolute atomic E-state index is 0.0415. The van der Waals surface area contributed by atoms with Crippen LogP contribution in [0.3, 0.4) is 0 Å². The Labute approximate surface area is 165 Å². The lowest BCUT2D eigenvalue weighted by molar-refractivity contribution is -0.138. The van der Waals surface area contributed by atoms with Crippen LogP contribution in [0.25, 0.3) is 0 Å². The van der Waals surface area contributed by atoms with Gasteiger partial charge in [0.1, 0.15) is 11.8 Å². The number of nitrogens with zero attached hydrogens (tertiary/aromatic N) is 2. The average molecular weight is 381 g/mol. The molecule has 1 aliphatic carbocycles. The van der Waals surface area contributed by atoms with Crippen molar-refractivity contribution < 1.29 is 14.3 Å². The van der Waals surface area contributed by atoms with E-state index in [1.165, 1.54) is 0 Å². The van der Waals surface area contributed by atoms with E-state index in [1.807, 2.05) is 20.9 Å². The number of hydrogen-bond acceptors (Lipinski definition) is 5. The Kier molecular flexibility index (Phi) is 4.97. The van der Waals surface area contributed by atoms with Crippen molar-refractivity contribution in [3.05, 3.63) is 45.6 Å². The van der Waals surface area contributed by atoms with Gasteiger partial charge in [-0.2, -0.15) is 5.26 Å². The van der Waals surface area contributed by atoms with Crippen molar-refractivity contribution in [2.45, 2.75) is 53.4 Å². The summed E-state index contributed by atoms with van der Waals surface area (Å²) in [5.74, 6) is -0.907. The normalized spacial score (nSPS) is 21.2. The van der Waals surface area contributed by atoms with Crippen LogP contribution in [-0.2, 0) is 21.4 Å². The van der Waals surface area contributed by atoms with Gasteiger partial charge in [0.2, 0.25) is 0 Å². The van der Waals surface area contributed by atoms with Gasteiger partial charge in [0.05, 0.1) is 12.2 Å². The van der Waals surface area contributed by atoms with Crippen molar-refractivity contribution >= 4 is 11.8 Å². The fourth-order valence-corrected chi connectivity index (χ4v) is 4.35. The number of hydrogen-bond donors (Lipinski definition) is 1. The number of carbonyl (C=O) groups excluding carboxylic acids is 2. The smallest absolute Gasteiger partial charge is 0.336 e. The molecule has 1 aromatic heterocycles. The topological polar surface area (TPSA) is 84.1 Å². The van der Waals surface area contributed by atoms with E-state index in [2.05, 4.69) is 25.2 Å². The maximum Gasteiger partial charge on any atom is 0.336 e. The molecule has 2 aliphatic rings. The highest BCUT2D eigenvalue weighted by Gasteiger charge is 2.44. The Morgan fingerprint density at radius 1 is 1.39 bits per heavy atom. The van der Waals surface area contributed by atoms with Gasteiger partial charge in [-0.15, -0.1) is 0 Å². The zero-order chi connectivity index (χ0) is 20.8. The van der Waals surface area contributed by atoms with Crippen molar-refractivity contribution in [3.8, 4) is 6.07 Å². The summed E-state index contributed by atoms with van der Waals surface area (Å²) < 4.78 is 7.12. The van der Waals surface area contributed by atoms with Crippen molar-refractivity contribution in [2.24, 2.45) is 12.5 Å². The number of aromatic nitrogens is 1. The third-order valence-corrected chi connectivity index (χ3v) is 5.74. The van der Waals surface area contributed by atoms with Gasteiger partial charge in [-0.05, 0) is 44.2 Å². The monoisotopic (exact) mass is 381 g/mol. The van der Waals surface area contributed by atoms with E-state index in [0.717, 1.165) is 23.4 Å². The molecular weight excluding hydrogens is 354 g/mol. The molecule has 0 unspecified atom stereocenters. The Morgan fingerprint density at radius 3 is 2.64 bits per heavy atom. The molecule has 3 rings (SSSR count). The first-order chi connectivity index (χ1) is 13.1. The molecule has 6 nitrogen and oxygen atoms in total. The highest BCUT2D eigenvalue weighted by molar-refractivity contribution is 6.04. The van der Waals surface area contributed by atoms with E-state index in [4.69, 9.17) is 4.74 Å². The highest BCUT2D eigenvalue weighted by atomic mass is 16.5. The van der Waals surface area contributed by atoms with Gasteiger partial charge in [-0.1, -0.05) is 13.8 Å². The number of esters is 1. The van der Waals surface area contributed by atoms with Gasteiger partial charge >= 0.3 is 5.97 Å². The number of Topliss-reactive ketones (excluding diaryl/α,β-unsaturated/α-hetero) is 1. The van der Waals surface area contributed by atoms with E-state index < -0.39 is 11.9 Å². The molecule has 0 saturated carbocycles. The van der Waals surface area contributed by atoms with E-state index in [-0.39, 0.29) is 17.8 Å². The second kappa shape index (κ2) is 6.97. The molecule has 0 aromatic carbocycles. The second-order valence-corrected chi connectivity index (χ2v) is 8.39. The predicted octanol–water partition coefficient (Wildman–Crippen LogP) is 3.37. The third-order valence-electron chi connectivity index (χ3n) is 5.74. The summed E-state index contributed by atoms with van der Waals surface area (Å²) in [6, 6.07) is 3.97. The molecule has 28 heavy (non-hydrogen) atoms. The zero-order valence-corrected chi connectivity index (χ0v) is 17.4. The molecule has 1 N–H and O–H groups in total. The molecule has 0 fully saturated rings. The average Bonchev–Trinajstić information content (AvgIpc) is 2.87. The highest BCUT2D eigenvalue weighted by Crippen LogP contribution is 2.47. The molecule has 148 valence electrons. The van der Waals surface area contributed by atoms with Crippen LogP contribution in [0.15, 0.2) is 28.6 Å². The quantitative estimate of drug-likeness (QED) is 0.812. The van der Waals surface area contributed by atoms with Crippen LogP contribution in [0.4, 0.5) is 0 Å². The summed E-state index contributed by atoms with van der Waals surface area (Å²) in [4.78, 5) is 26.0. The molecule has 2 heterocycles. The number of nitriles is 1. The summed E-state index contributed by atoms with van der Waals surface area (Å²) in [6.45, 7) is 9.93. The van der Waals surface area contributed by atoms with Crippen molar-refractivity contribution in [3.63, 3.8) is 0 Å². The molecule has 0 saturated heterocycles. The first kappa shape index (κ1) is 19.9. The standard InChI is InChI=1S/C22H27N3O3/c1-7-28-21(27)18-12(2)24-16-9-22(4,5)10-17(26)20(16)19(18)15-8-14(11-23)25(6)13(15)3/h8,19,24H,7,9-10H2,1-6H3/t19-/m1/s1. The Bertz CT molecular complexity index is 970. The second-order valence-electron chi connectivity index (χ2n) is 8.39. The number of allylic oxidation sites excluding steroid dienone is 3. The van der Waals surface area contributed by atoms with Crippen LogP contribution in [-0.4, -0.2) is 22.9 Å². The van der Waals surface area contributed by atoms with Gasteiger partial charge in [0.15, 0.2) is 5.78 Å². The summed E-state index contributed by atoms with van der Waals surface area (Å²) in [5, 5.41) is 12.8. The van der Waals surface area contributed by atoms with Gasteiger partial charge in [0.25, 0.3) is 0 Å². The molecule has 0 spiro atoms. The summed E-state index contributed by atoms with van der Waals surface area (Å²) in [5.41, 5.74) is 4.69. The number of rotatable bonds is 3. The number of ether oxygens (including phenoxy) is 1. The Morgan fingerprint density at radius 2 is 2.07 bits per heavy atom. The lowest BCUT2D eigenvalue weighted by Gasteiger charge is -2.39. The molecule has 0 amide bonds. The fraction of sp³-hybridized carbons (Fsp3) is 0.500. The molecule has 1 atom stereocenters. The van der Waals surface area contributed by atoms with Crippen LogP contribution >= 0.6 is 0 Å². The largest absolute Gasteiger partial charge is 0.463 e. The maximum atomic E-state index is 13.2. The first-order valence-corrected chi connectivity index (χ1v) is 9.58. The van der Waals surface area contributed by atoms with Crippen molar-refractivity contribution in [2.75, 3.05) is 6.61 Å². The number of dihydropyridines is 1. The zero-order valence-electron chi connectivity index (χ0n) is 17.4. The van der Waals surface area contributed by atoms with E-state index in [9.17, 15) is 14.9 Å². The first-order valence-electron chi connectivity index (χ1n) is 9.58. The Balaban J connectivity index is 2.26. The van der Waals surface area contributed by atoms with Crippen LogP contribution in [0.1, 0.15) is 63.4 Å². The third kappa shape index (κ3) is 3.15. The minimum Gasteiger partial charge on any atom is -0.463 e. The van der Waals surface area contributed by atoms with Crippen molar-refractivity contribution in [1.82, 2.24) is 9.88 Å². The summed E-state index contributed by atoms with van der Waals surface area (Å²) in [6.07, 6.45) is 1.16. The molecule has 0 radical (unpaired) electrons. The van der Waals surface area contributed by atoms with Crippen LogP contribution < -0.4 is 5.32 Å².